The summed E-state index contributed by atoms with van der Waals surface area (Å²) in [6, 6.07) is 3.41. The van der Waals surface area contributed by atoms with Gasteiger partial charge in [0.2, 0.25) is 0 Å². The predicted octanol–water partition coefficient (Wildman–Crippen LogP) is 3.39. The minimum atomic E-state index is -0.986. The Bertz CT molecular complexity index is 491. The molecule has 1 aliphatic rings. The zero-order valence-electron chi connectivity index (χ0n) is 11.0. The third-order valence-electron chi connectivity index (χ3n) is 3.66. The fourth-order valence-corrected chi connectivity index (χ4v) is 3.02. The number of nitrogens with two attached hydrogens (primary N) is 1. The van der Waals surface area contributed by atoms with Crippen LogP contribution in [-0.4, -0.2) is 23.7 Å². The molecule has 1 unspecified atom stereocenters. The van der Waals surface area contributed by atoms with E-state index in [1.165, 1.54) is 18.9 Å². The summed E-state index contributed by atoms with van der Waals surface area (Å²) in [5.74, 6) is -0.986. The van der Waals surface area contributed by atoms with E-state index in [1.807, 2.05) is 0 Å². The van der Waals surface area contributed by atoms with E-state index >= 15 is 0 Å². The van der Waals surface area contributed by atoms with E-state index in [0.29, 0.717) is 22.4 Å². The summed E-state index contributed by atoms with van der Waals surface area (Å²) in [5.41, 5.74) is 6.88. The molecule has 0 radical (unpaired) electrons. The van der Waals surface area contributed by atoms with Gasteiger partial charge >= 0.3 is 5.97 Å². The fraction of sp³-hybridized carbons (Fsp3) is 0.500. The van der Waals surface area contributed by atoms with E-state index in [4.69, 9.17) is 17.3 Å². The Hall–Kier alpha value is -1.42. The second kappa shape index (κ2) is 5.70. The lowest BCUT2D eigenvalue weighted by Gasteiger charge is -2.31. The molecule has 1 heterocycles. The molecule has 0 bridgehead atoms. The molecular weight excluding hydrogens is 264 g/mol. The first-order chi connectivity index (χ1) is 9.00. The Kier molecular flexibility index (Phi) is 4.20. The number of hydrogen-bond acceptors (Lipinski definition) is 3. The van der Waals surface area contributed by atoms with Gasteiger partial charge in [0.25, 0.3) is 0 Å². The molecule has 1 saturated heterocycles. The number of nitrogen functional groups attached to an aromatic ring is 1. The molecule has 2 rings (SSSR count). The van der Waals surface area contributed by atoms with Crippen molar-refractivity contribution in [1.82, 2.24) is 0 Å². The summed E-state index contributed by atoms with van der Waals surface area (Å²) in [4.78, 5) is 13.5. The van der Waals surface area contributed by atoms with E-state index < -0.39 is 5.97 Å². The molecule has 1 aromatic carbocycles. The molecule has 1 fully saturated rings. The van der Waals surface area contributed by atoms with Gasteiger partial charge in [0.05, 0.1) is 16.3 Å². The molecule has 0 spiro atoms. The smallest absolute Gasteiger partial charge is 0.337 e. The summed E-state index contributed by atoms with van der Waals surface area (Å²) >= 11 is 6.25. The number of anilines is 2. The van der Waals surface area contributed by atoms with E-state index in [9.17, 15) is 9.90 Å². The topological polar surface area (TPSA) is 66.6 Å². The van der Waals surface area contributed by atoms with Crippen LogP contribution in [0.1, 0.15) is 43.0 Å². The van der Waals surface area contributed by atoms with Crippen molar-refractivity contribution in [2.24, 2.45) is 0 Å². The Labute approximate surface area is 118 Å². The highest BCUT2D eigenvalue weighted by Crippen LogP contribution is 2.35. The zero-order chi connectivity index (χ0) is 14.0. The third kappa shape index (κ3) is 2.95. The standard InChI is InChI=1S/C14H19ClN2O2/c1-9-5-3-2-4-6-17(9)13-11(14(18)19)7-10(16)8-12(13)15/h7-9H,2-6,16H2,1H3,(H,18,19). The fourth-order valence-electron chi connectivity index (χ4n) is 2.68. The van der Waals surface area contributed by atoms with Gasteiger partial charge in [-0.3, -0.25) is 0 Å². The normalized spacial score (nSPS) is 20.1. The highest BCUT2D eigenvalue weighted by Gasteiger charge is 2.25. The molecule has 19 heavy (non-hydrogen) atoms. The Balaban J connectivity index is 2.50. The first-order valence-electron chi connectivity index (χ1n) is 6.59. The third-order valence-corrected chi connectivity index (χ3v) is 3.94. The van der Waals surface area contributed by atoms with Gasteiger partial charge in [-0.15, -0.1) is 0 Å². The van der Waals surface area contributed by atoms with Crippen molar-refractivity contribution in [2.45, 2.75) is 38.6 Å². The predicted molar refractivity (Wildman–Crippen MR) is 78.1 cm³/mol. The van der Waals surface area contributed by atoms with E-state index in [0.717, 1.165) is 19.4 Å². The quantitative estimate of drug-likeness (QED) is 0.816. The van der Waals surface area contributed by atoms with Crippen molar-refractivity contribution in [1.29, 1.82) is 0 Å². The molecule has 3 N–H and O–H groups in total. The van der Waals surface area contributed by atoms with Crippen LogP contribution in [0.4, 0.5) is 11.4 Å². The molecule has 4 nitrogen and oxygen atoms in total. The summed E-state index contributed by atoms with van der Waals surface area (Å²) in [6.07, 6.45) is 4.46. The van der Waals surface area contributed by atoms with Crippen molar-refractivity contribution >= 4 is 28.9 Å². The van der Waals surface area contributed by atoms with Crippen LogP contribution < -0.4 is 10.6 Å². The second-order valence-corrected chi connectivity index (χ2v) is 5.50. The summed E-state index contributed by atoms with van der Waals surface area (Å²) in [7, 11) is 0. The van der Waals surface area contributed by atoms with Crippen molar-refractivity contribution in [2.75, 3.05) is 17.2 Å². The van der Waals surface area contributed by atoms with Crippen LogP contribution in [0.2, 0.25) is 5.02 Å². The van der Waals surface area contributed by atoms with Crippen LogP contribution in [0, 0.1) is 0 Å². The molecule has 0 aromatic heterocycles. The van der Waals surface area contributed by atoms with Crippen LogP contribution in [0.25, 0.3) is 0 Å². The number of aromatic carboxylic acids is 1. The number of rotatable bonds is 2. The maximum Gasteiger partial charge on any atom is 0.337 e. The maximum absolute atomic E-state index is 11.4. The number of carbonyl (C=O) groups is 1. The monoisotopic (exact) mass is 282 g/mol. The van der Waals surface area contributed by atoms with Crippen molar-refractivity contribution in [3.05, 3.63) is 22.7 Å². The van der Waals surface area contributed by atoms with Crippen LogP contribution in [0.3, 0.4) is 0 Å². The molecule has 1 aliphatic heterocycles. The first kappa shape index (κ1) is 14.0. The number of carboxylic acids is 1. The average molecular weight is 283 g/mol. The molecular formula is C14H19ClN2O2. The highest BCUT2D eigenvalue weighted by atomic mass is 35.5. The van der Waals surface area contributed by atoms with Crippen LogP contribution in [0.15, 0.2) is 12.1 Å². The number of halogens is 1. The molecule has 1 aromatic rings. The number of carboxylic acid groups (broad SMARTS) is 1. The van der Waals surface area contributed by atoms with Gasteiger partial charge in [0, 0.05) is 18.3 Å². The van der Waals surface area contributed by atoms with Gasteiger partial charge < -0.3 is 15.7 Å². The molecule has 0 saturated carbocycles. The molecule has 0 amide bonds. The summed E-state index contributed by atoms with van der Waals surface area (Å²) in [5, 5.41) is 9.78. The largest absolute Gasteiger partial charge is 0.478 e. The average Bonchev–Trinajstić information content (AvgIpc) is 2.53. The van der Waals surface area contributed by atoms with Gasteiger partial charge in [0.1, 0.15) is 0 Å². The van der Waals surface area contributed by atoms with Crippen LogP contribution in [-0.2, 0) is 0 Å². The molecule has 1 atom stereocenters. The lowest BCUT2D eigenvalue weighted by molar-refractivity contribution is 0.0697. The van der Waals surface area contributed by atoms with Crippen molar-refractivity contribution in [3.63, 3.8) is 0 Å². The van der Waals surface area contributed by atoms with E-state index in [-0.39, 0.29) is 5.56 Å². The van der Waals surface area contributed by atoms with Gasteiger partial charge in [-0.2, -0.15) is 0 Å². The minimum Gasteiger partial charge on any atom is -0.478 e. The second-order valence-electron chi connectivity index (χ2n) is 5.10. The highest BCUT2D eigenvalue weighted by molar-refractivity contribution is 6.34. The Morgan fingerprint density at radius 1 is 1.42 bits per heavy atom. The van der Waals surface area contributed by atoms with E-state index in [2.05, 4.69) is 11.8 Å². The van der Waals surface area contributed by atoms with Gasteiger partial charge in [-0.25, -0.2) is 4.79 Å². The number of hydrogen-bond donors (Lipinski definition) is 2. The Morgan fingerprint density at radius 3 is 2.84 bits per heavy atom. The number of benzene rings is 1. The lowest BCUT2D eigenvalue weighted by Crippen LogP contribution is -2.34. The van der Waals surface area contributed by atoms with Crippen LogP contribution in [0.5, 0.6) is 0 Å². The molecule has 5 heteroatoms. The Morgan fingerprint density at radius 2 is 2.16 bits per heavy atom. The van der Waals surface area contributed by atoms with Gasteiger partial charge in [0.15, 0.2) is 0 Å². The summed E-state index contributed by atoms with van der Waals surface area (Å²) < 4.78 is 0. The number of nitrogens with zero attached hydrogens (tertiary/aromatic N) is 1. The van der Waals surface area contributed by atoms with Gasteiger partial charge in [-0.05, 0) is 31.9 Å². The minimum absolute atomic E-state index is 0.193. The SMILES string of the molecule is CC1CCCCCN1c1c(Cl)cc(N)cc1C(=O)O. The maximum atomic E-state index is 11.4. The van der Waals surface area contributed by atoms with E-state index in [1.54, 1.807) is 6.07 Å². The zero-order valence-corrected chi connectivity index (χ0v) is 11.8. The van der Waals surface area contributed by atoms with Crippen molar-refractivity contribution in [3.8, 4) is 0 Å². The van der Waals surface area contributed by atoms with Gasteiger partial charge in [-0.1, -0.05) is 24.4 Å². The molecule has 0 aliphatic carbocycles. The van der Waals surface area contributed by atoms with Crippen molar-refractivity contribution < 1.29 is 9.90 Å². The first-order valence-corrected chi connectivity index (χ1v) is 6.97. The summed E-state index contributed by atoms with van der Waals surface area (Å²) in [6.45, 7) is 2.95. The molecule has 104 valence electrons. The lowest BCUT2D eigenvalue weighted by atomic mass is 10.1. The van der Waals surface area contributed by atoms with Crippen LogP contribution >= 0.6 is 11.6 Å².